The molecule has 0 radical (unpaired) electrons. The smallest absolute Gasteiger partial charge is 0.406 e. The fourth-order valence-corrected chi connectivity index (χ4v) is 2.09. The van der Waals surface area contributed by atoms with E-state index in [1.807, 2.05) is 13.8 Å². The van der Waals surface area contributed by atoms with Crippen molar-refractivity contribution in [3.8, 4) is 5.75 Å². The number of hydrogen-bond donors (Lipinski definition) is 0. The van der Waals surface area contributed by atoms with Gasteiger partial charge in [0.25, 0.3) is 0 Å². The van der Waals surface area contributed by atoms with Crippen LogP contribution in [0.3, 0.4) is 0 Å². The highest BCUT2D eigenvalue weighted by atomic mass is 19.1. The summed E-state index contributed by atoms with van der Waals surface area (Å²) in [6.07, 6.45) is 1.42. The first-order valence-corrected chi connectivity index (χ1v) is 6.55. The third kappa shape index (κ3) is 3.34. The van der Waals surface area contributed by atoms with Crippen LogP contribution in [0.25, 0.3) is 0 Å². The summed E-state index contributed by atoms with van der Waals surface area (Å²) in [6.45, 7) is 3.72. The molecule has 0 bridgehead atoms. The molecule has 6 heteroatoms. The van der Waals surface area contributed by atoms with Gasteiger partial charge in [-0.05, 0) is 58.6 Å². The predicted octanol–water partition coefficient (Wildman–Crippen LogP) is 3.97. The number of aryl methyl sites for hydroxylation is 1. The second kappa shape index (κ2) is 6.30. The second-order valence-corrected chi connectivity index (χ2v) is 4.60. The zero-order valence-corrected chi connectivity index (χ0v) is 11.7. The molecule has 1 atom stereocenters. The Morgan fingerprint density at radius 1 is 1.43 bits per heavy atom. The van der Waals surface area contributed by atoms with Crippen molar-refractivity contribution in [1.29, 1.82) is 0 Å². The molecule has 2 rings (SSSR count). The predicted molar refractivity (Wildman–Crippen MR) is 75.7 cm³/mol. The molecule has 5 nitrogen and oxygen atoms in total. The Hall–Kier alpha value is -2.50. The van der Waals surface area contributed by atoms with Crippen LogP contribution >= 0.6 is 0 Å². The molecule has 21 heavy (non-hydrogen) atoms. The number of aromatic nitrogens is 1. The first kappa shape index (κ1) is 14.9. The molecular weight excluding hydrogens is 275 g/mol. The molecule has 0 saturated heterocycles. The summed E-state index contributed by atoms with van der Waals surface area (Å²) >= 11 is 0. The zero-order valence-electron chi connectivity index (χ0n) is 11.7. The maximum Gasteiger partial charge on any atom is 0.406 e. The number of halogens is 1. The number of benzene rings is 1. The van der Waals surface area contributed by atoms with E-state index in [0.29, 0.717) is 12.0 Å². The number of pyridine rings is 1. The van der Waals surface area contributed by atoms with Crippen LogP contribution in [-0.4, -0.2) is 9.91 Å². The summed E-state index contributed by atoms with van der Waals surface area (Å²) in [6, 6.07) is 7.48. The van der Waals surface area contributed by atoms with E-state index < -0.39 is 11.0 Å². The Morgan fingerprint density at radius 3 is 2.86 bits per heavy atom. The molecule has 1 aromatic carbocycles. The van der Waals surface area contributed by atoms with Crippen LogP contribution in [-0.2, 0) is 0 Å². The van der Waals surface area contributed by atoms with Crippen molar-refractivity contribution in [3.63, 3.8) is 0 Å². The van der Waals surface area contributed by atoms with Crippen molar-refractivity contribution in [1.82, 2.24) is 4.98 Å². The third-order valence-corrected chi connectivity index (χ3v) is 3.15. The lowest BCUT2D eigenvalue weighted by Gasteiger charge is -2.19. The van der Waals surface area contributed by atoms with E-state index in [2.05, 4.69) is 4.98 Å². The molecule has 0 N–H and O–H groups in total. The van der Waals surface area contributed by atoms with Gasteiger partial charge in [-0.3, -0.25) is 0 Å². The van der Waals surface area contributed by atoms with E-state index in [1.165, 1.54) is 24.4 Å². The lowest BCUT2D eigenvalue weighted by Crippen LogP contribution is -2.10. The molecular formula is C15H15FN2O3. The Kier molecular flexibility index (Phi) is 4.47. The monoisotopic (exact) mass is 290 g/mol. The third-order valence-electron chi connectivity index (χ3n) is 3.15. The van der Waals surface area contributed by atoms with Crippen LogP contribution in [0.1, 0.15) is 30.6 Å². The minimum Gasteiger partial charge on any atom is -0.477 e. The largest absolute Gasteiger partial charge is 0.477 e. The molecule has 0 amide bonds. The molecule has 0 aliphatic carbocycles. The van der Waals surface area contributed by atoms with E-state index in [1.54, 1.807) is 12.1 Å². The number of ether oxygens (including phenoxy) is 1. The van der Waals surface area contributed by atoms with E-state index in [0.717, 1.165) is 5.56 Å². The molecule has 1 aromatic heterocycles. The van der Waals surface area contributed by atoms with Gasteiger partial charge in [0.15, 0.2) is 0 Å². The van der Waals surface area contributed by atoms with Crippen molar-refractivity contribution >= 4 is 5.82 Å². The minimum atomic E-state index is -0.597. The lowest BCUT2D eigenvalue weighted by molar-refractivity contribution is -0.390. The van der Waals surface area contributed by atoms with Crippen LogP contribution in [0.4, 0.5) is 10.2 Å². The fraction of sp³-hybridized carbons (Fsp3) is 0.267. The van der Waals surface area contributed by atoms with Gasteiger partial charge >= 0.3 is 5.82 Å². The van der Waals surface area contributed by atoms with Crippen molar-refractivity contribution in [2.45, 2.75) is 26.4 Å². The fourth-order valence-electron chi connectivity index (χ4n) is 2.09. The van der Waals surface area contributed by atoms with Crippen molar-refractivity contribution in [2.24, 2.45) is 0 Å². The van der Waals surface area contributed by atoms with Crippen molar-refractivity contribution < 1.29 is 14.1 Å². The van der Waals surface area contributed by atoms with Crippen LogP contribution in [0.2, 0.25) is 0 Å². The zero-order chi connectivity index (χ0) is 15.4. The highest BCUT2D eigenvalue weighted by molar-refractivity contribution is 5.39. The summed E-state index contributed by atoms with van der Waals surface area (Å²) < 4.78 is 19.1. The van der Waals surface area contributed by atoms with Crippen LogP contribution < -0.4 is 4.74 Å². The average Bonchev–Trinajstić information content (AvgIpc) is 2.47. The molecule has 0 spiro atoms. The van der Waals surface area contributed by atoms with Gasteiger partial charge in [0, 0.05) is 0 Å². The number of nitrogens with zero attached hydrogens (tertiary/aromatic N) is 2. The van der Waals surface area contributed by atoms with Gasteiger partial charge in [0.05, 0.1) is 0 Å². The number of hydrogen-bond acceptors (Lipinski definition) is 4. The Bertz CT molecular complexity index is 661. The molecule has 0 saturated carbocycles. The van der Waals surface area contributed by atoms with Crippen LogP contribution in [0.15, 0.2) is 36.5 Å². The lowest BCUT2D eigenvalue weighted by atomic mass is 10.0. The molecule has 1 unspecified atom stereocenters. The average molecular weight is 290 g/mol. The maximum absolute atomic E-state index is 13.4. The highest BCUT2D eigenvalue weighted by Gasteiger charge is 2.21. The topological polar surface area (TPSA) is 65.3 Å². The number of nitro groups is 1. The summed E-state index contributed by atoms with van der Waals surface area (Å²) in [7, 11) is 0. The first-order valence-electron chi connectivity index (χ1n) is 6.55. The first-order chi connectivity index (χ1) is 10.0. The summed E-state index contributed by atoms with van der Waals surface area (Å²) in [5, 5.41) is 11.0. The Balaban J connectivity index is 2.36. The molecule has 0 aliphatic rings. The quantitative estimate of drug-likeness (QED) is 0.617. The number of rotatable bonds is 5. The van der Waals surface area contributed by atoms with Gasteiger partial charge in [-0.15, -0.1) is 0 Å². The normalized spacial score (nSPS) is 12.0. The van der Waals surface area contributed by atoms with E-state index in [-0.39, 0.29) is 17.4 Å². The Morgan fingerprint density at radius 2 is 2.19 bits per heavy atom. The molecule has 0 fully saturated rings. The van der Waals surface area contributed by atoms with Crippen molar-refractivity contribution in [2.75, 3.05) is 0 Å². The second-order valence-electron chi connectivity index (χ2n) is 4.60. The van der Waals surface area contributed by atoms with Gasteiger partial charge in [0.2, 0.25) is 5.75 Å². The van der Waals surface area contributed by atoms with E-state index in [9.17, 15) is 14.5 Å². The van der Waals surface area contributed by atoms with Crippen LogP contribution in [0, 0.1) is 22.9 Å². The van der Waals surface area contributed by atoms with Gasteiger partial charge < -0.3 is 14.9 Å². The van der Waals surface area contributed by atoms with Gasteiger partial charge in [-0.25, -0.2) is 4.39 Å². The molecule has 0 aliphatic heterocycles. The van der Waals surface area contributed by atoms with Crippen molar-refractivity contribution in [3.05, 3.63) is 63.6 Å². The standard InChI is InChI=1S/C15H15FN2O3/c1-3-13(12-9-11(16)7-6-10(12)2)21-14-5-4-8-17-15(14)18(19)20/h4-9,13H,3H2,1-2H3. The summed E-state index contributed by atoms with van der Waals surface area (Å²) in [5.74, 6) is -0.624. The van der Waals surface area contributed by atoms with Gasteiger partial charge in [-0.1, -0.05) is 13.0 Å². The highest BCUT2D eigenvalue weighted by Crippen LogP contribution is 2.31. The Labute approximate surface area is 121 Å². The maximum atomic E-state index is 13.4. The SMILES string of the molecule is CCC(Oc1cccnc1[N+](=O)[O-])c1cc(F)ccc1C. The van der Waals surface area contributed by atoms with E-state index >= 15 is 0 Å². The molecule has 1 heterocycles. The summed E-state index contributed by atoms with van der Waals surface area (Å²) in [4.78, 5) is 14.1. The summed E-state index contributed by atoms with van der Waals surface area (Å²) in [5.41, 5.74) is 1.55. The van der Waals surface area contributed by atoms with Crippen LogP contribution in [0.5, 0.6) is 5.75 Å². The van der Waals surface area contributed by atoms with E-state index in [4.69, 9.17) is 4.74 Å². The van der Waals surface area contributed by atoms with Gasteiger partial charge in [-0.2, -0.15) is 0 Å². The molecule has 2 aromatic rings. The molecule has 110 valence electrons. The van der Waals surface area contributed by atoms with Gasteiger partial charge in [0.1, 0.15) is 18.1 Å². The minimum absolute atomic E-state index is 0.0815.